The number of hydrogen-bond acceptors (Lipinski definition) is 1. The van der Waals surface area contributed by atoms with Gasteiger partial charge in [0.2, 0.25) is 0 Å². The Hall–Kier alpha value is -0.460. The molecule has 10 heavy (non-hydrogen) atoms. The molecule has 0 aromatic carbocycles. The summed E-state index contributed by atoms with van der Waals surface area (Å²) in [6, 6.07) is 0. The summed E-state index contributed by atoms with van der Waals surface area (Å²) in [6.07, 6.45) is 3.23. The van der Waals surface area contributed by atoms with Crippen LogP contribution in [0.3, 0.4) is 0 Å². The van der Waals surface area contributed by atoms with E-state index in [9.17, 15) is 0 Å². The molecule has 0 unspecified atom stereocenters. The van der Waals surface area contributed by atoms with Gasteiger partial charge in [-0.1, -0.05) is 13.8 Å². The first-order valence-electron chi connectivity index (χ1n) is 3.90. The molecular weight excluding hydrogens is 124 g/mol. The Balaban J connectivity index is 2.61. The van der Waals surface area contributed by atoms with E-state index in [4.69, 9.17) is 4.74 Å². The predicted molar refractivity (Wildman–Crippen MR) is 42.7 cm³/mol. The van der Waals surface area contributed by atoms with Crippen molar-refractivity contribution in [2.75, 3.05) is 0 Å². The Kier molecular flexibility index (Phi) is 1.76. The lowest BCUT2D eigenvalue weighted by Crippen LogP contribution is -2.30. The molecule has 0 bridgehead atoms. The predicted octanol–water partition coefficient (Wildman–Crippen LogP) is 2.73. The maximum Gasteiger partial charge on any atom is 0.112 e. The van der Waals surface area contributed by atoms with Gasteiger partial charge in [0.1, 0.15) is 5.60 Å². The zero-order chi connectivity index (χ0) is 7.78. The van der Waals surface area contributed by atoms with Gasteiger partial charge >= 0.3 is 0 Å². The second kappa shape index (κ2) is 2.30. The van der Waals surface area contributed by atoms with Gasteiger partial charge in [0, 0.05) is 6.42 Å². The summed E-state index contributed by atoms with van der Waals surface area (Å²) in [4.78, 5) is 0. The van der Waals surface area contributed by atoms with Crippen molar-refractivity contribution in [2.24, 2.45) is 5.92 Å². The molecule has 1 rings (SSSR count). The van der Waals surface area contributed by atoms with Crippen LogP contribution < -0.4 is 0 Å². The van der Waals surface area contributed by atoms with Crippen LogP contribution in [0.15, 0.2) is 11.8 Å². The van der Waals surface area contributed by atoms with Gasteiger partial charge in [-0.15, -0.1) is 0 Å². The summed E-state index contributed by atoms with van der Waals surface area (Å²) in [6.45, 7) is 8.59. The fourth-order valence-electron chi connectivity index (χ4n) is 1.15. The van der Waals surface area contributed by atoms with Crippen LogP contribution in [-0.4, -0.2) is 5.60 Å². The molecule has 0 aromatic heterocycles. The van der Waals surface area contributed by atoms with Crippen molar-refractivity contribution >= 4 is 0 Å². The van der Waals surface area contributed by atoms with Crippen LogP contribution >= 0.6 is 0 Å². The van der Waals surface area contributed by atoms with Gasteiger partial charge in [-0.25, -0.2) is 0 Å². The summed E-state index contributed by atoms with van der Waals surface area (Å²) in [5, 5.41) is 0. The fourth-order valence-corrected chi connectivity index (χ4v) is 1.15. The maximum atomic E-state index is 5.67. The third kappa shape index (κ3) is 1.18. The van der Waals surface area contributed by atoms with E-state index in [0.717, 1.165) is 12.2 Å². The van der Waals surface area contributed by atoms with E-state index in [-0.39, 0.29) is 5.60 Å². The summed E-state index contributed by atoms with van der Waals surface area (Å²) in [7, 11) is 0. The van der Waals surface area contributed by atoms with Crippen LogP contribution in [0, 0.1) is 5.92 Å². The third-order valence-corrected chi connectivity index (χ3v) is 2.41. The first-order chi connectivity index (χ1) is 4.54. The SMILES string of the molecule is CC1=CC[C@@](C)(C(C)C)O1. The third-order valence-electron chi connectivity index (χ3n) is 2.41. The maximum absolute atomic E-state index is 5.67. The van der Waals surface area contributed by atoms with Gasteiger partial charge in [-0.3, -0.25) is 0 Å². The van der Waals surface area contributed by atoms with E-state index < -0.39 is 0 Å². The Morgan fingerprint density at radius 3 is 2.40 bits per heavy atom. The summed E-state index contributed by atoms with van der Waals surface area (Å²) in [5.74, 6) is 1.68. The van der Waals surface area contributed by atoms with Crippen molar-refractivity contribution in [3.63, 3.8) is 0 Å². The number of rotatable bonds is 1. The minimum Gasteiger partial charge on any atom is -0.492 e. The molecule has 1 heterocycles. The standard InChI is InChI=1S/C9H16O/c1-7(2)9(4)6-5-8(3)10-9/h5,7H,6H2,1-4H3/t9-/m0/s1. The molecule has 0 fully saturated rings. The van der Waals surface area contributed by atoms with E-state index in [2.05, 4.69) is 26.8 Å². The molecule has 0 saturated heterocycles. The zero-order valence-corrected chi connectivity index (χ0v) is 7.27. The second-order valence-corrected chi connectivity index (χ2v) is 3.59. The Morgan fingerprint density at radius 1 is 1.60 bits per heavy atom. The number of allylic oxidation sites excluding steroid dienone is 1. The van der Waals surface area contributed by atoms with Crippen LogP contribution in [0.25, 0.3) is 0 Å². The molecule has 0 N–H and O–H groups in total. The number of ether oxygens (including phenoxy) is 1. The Labute approximate surface area is 63.1 Å². The summed E-state index contributed by atoms with van der Waals surface area (Å²) >= 11 is 0. The van der Waals surface area contributed by atoms with Crippen molar-refractivity contribution in [3.8, 4) is 0 Å². The Bertz CT molecular complexity index is 158. The van der Waals surface area contributed by atoms with Gasteiger partial charge in [0.15, 0.2) is 0 Å². The van der Waals surface area contributed by atoms with Crippen molar-refractivity contribution in [3.05, 3.63) is 11.8 Å². The molecular formula is C9H16O. The van der Waals surface area contributed by atoms with Crippen molar-refractivity contribution in [1.29, 1.82) is 0 Å². The molecule has 1 aliphatic heterocycles. The van der Waals surface area contributed by atoms with Gasteiger partial charge in [-0.05, 0) is 25.8 Å². The molecule has 1 heteroatoms. The highest BCUT2D eigenvalue weighted by molar-refractivity contribution is 5.04. The van der Waals surface area contributed by atoms with Crippen LogP contribution in [-0.2, 0) is 4.74 Å². The van der Waals surface area contributed by atoms with Crippen LogP contribution in [0.2, 0.25) is 0 Å². The molecule has 0 spiro atoms. The molecule has 1 nitrogen and oxygen atoms in total. The van der Waals surface area contributed by atoms with E-state index >= 15 is 0 Å². The average Bonchev–Trinajstić information content (AvgIpc) is 2.13. The molecule has 0 aliphatic carbocycles. The molecule has 0 amide bonds. The van der Waals surface area contributed by atoms with Gasteiger partial charge in [0.05, 0.1) is 5.76 Å². The monoisotopic (exact) mass is 140 g/mol. The van der Waals surface area contributed by atoms with E-state index in [1.54, 1.807) is 0 Å². The lowest BCUT2D eigenvalue weighted by atomic mass is 9.90. The molecule has 0 radical (unpaired) electrons. The first-order valence-corrected chi connectivity index (χ1v) is 3.90. The lowest BCUT2D eigenvalue weighted by molar-refractivity contribution is 0.00311. The largest absolute Gasteiger partial charge is 0.492 e. The quantitative estimate of drug-likeness (QED) is 0.544. The molecule has 58 valence electrons. The normalized spacial score (nSPS) is 32.3. The highest BCUT2D eigenvalue weighted by Crippen LogP contribution is 2.33. The fraction of sp³-hybridized carbons (Fsp3) is 0.778. The topological polar surface area (TPSA) is 9.23 Å². The summed E-state index contributed by atoms with van der Waals surface area (Å²) < 4.78 is 5.67. The van der Waals surface area contributed by atoms with Crippen molar-refractivity contribution < 1.29 is 4.74 Å². The van der Waals surface area contributed by atoms with Crippen molar-refractivity contribution in [2.45, 2.75) is 39.7 Å². The smallest absolute Gasteiger partial charge is 0.112 e. The van der Waals surface area contributed by atoms with Gasteiger partial charge in [-0.2, -0.15) is 0 Å². The zero-order valence-electron chi connectivity index (χ0n) is 7.27. The van der Waals surface area contributed by atoms with Crippen LogP contribution in [0.4, 0.5) is 0 Å². The molecule has 0 aromatic rings. The second-order valence-electron chi connectivity index (χ2n) is 3.59. The lowest BCUT2D eigenvalue weighted by Gasteiger charge is -2.29. The van der Waals surface area contributed by atoms with E-state index in [1.165, 1.54) is 0 Å². The van der Waals surface area contributed by atoms with Crippen molar-refractivity contribution in [1.82, 2.24) is 0 Å². The highest BCUT2D eigenvalue weighted by atomic mass is 16.5. The van der Waals surface area contributed by atoms with Gasteiger partial charge < -0.3 is 4.74 Å². The first kappa shape index (κ1) is 7.64. The number of hydrogen-bond donors (Lipinski definition) is 0. The van der Waals surface area contributed by atoms with Crippen LogP contribution in [0.1, 0.15) is 34.1 Å². The van der Waals surface area contributed by atoms with E-state index in [1.807, 2.05) is 6.92 Å². The van der Waals surface area contributed by atoms with Gasteiger partial charge in [0.25, 0.3) is 0 Å². The molecule has 1 aliphatic rings. The minimum absolute atomic E-state index is 0.0735. The Morgan fingerprint density at radius 2 is 2.20 bits per heavy atom. The summed E-state index contributed by atoms with van der Waals surface area (Å²) in [5.41, 5.74) is 0.0735. The average molecular weight is 140 g/mol. The molecule has 0 saturated carbocycles. The van der Waals surface area contributed by atoms with E-state index in [0.29, 0.717) is 5.92 Å². The van der Waals surface area contributed by atoms with Crippen LogP contribution in [0.5, 0.6) is 0 Å². The highest BCUT2D eigenvalue weighted by Gasteiger charge is 2.32. The molecule has 1 atom stereocenters. The minimum atomic E-state index is 0.0735.